The lowest BCUT2D eigenvalue weighted by molar-refractivity contribution is -0.384. The lowest BCUT2D eigenvalue weighted by Crippen LogP contribution is -2.51. The predicted octanol–water partition coefficient (Wildman–Crippen LogP) is 1.92. The number of anilines is 1. The largest absolute Gasteiger partial charge is 0.497 e. The summed E-state index contributed by atoms with van der Waals surface area (Å²) in [4.78, 5) is 37.6. The van der Waals surface area contributed by atoms with Gasteiger partial charge in [-0.05, 0) is 37.6 Å². The minimum atomic E-state index is -3.98. The van der Waals surface area contributed by atoms with E-state index >= 15 is 0 Å². The molecule has 0 bridgehead atoms. The molecule has 0 spiro atoms. The first kappa shape index (κ1) is 26.6. The van der Waals surface area contributed by atoms with Crippen molar-refractivity contribution in [1.29, 1.82) is 0 Å². The molecule has 0 fully saturated rings. The van der Waals surface area contributed by atoms with Crippen molar-refractivity contribution < 1.29 is 27.7 Å². The first-order valence-corrected chi connectivity index (χ1v) is 12.2. The number of nitrogens with one attached hydrogen (secondary N) is 1. The molecule has 0 unspecified atom stereocenters. The molecule has 0 saturated carbocycles. The summed E-state index contributed by atoms with van der Waals surface area (Å²) >= 11 is 0. The van der Waals surface area contributed by atoms with Crippen LogP contribution in [0, 0.1) is 10.1 Å². The second kappa shape index (κ2) is 11.5. The van der Waals surface area contributed by atoms with E-state index < -0.39 is 39.3 Å². The molecule has 1 atom stereocenters. The van der Waals surface area contributed by atoms with Crippen LogP contribution in [0.1, 0.15) is 19.4 Å². The minimum Gasteiger partial charge on any atom is -0.497 e. The molecule has 0 saturated heterocycles. The Bertz CT molecular complexity index is 1140. The molecule has 1 N–H and O–H groups in total. The molecule has 184 valence electrons. The third-order valence-electron chi connectivity index (χ3n) is 5.04. The van der Waals surface area contributed by atoms with E-state index in [1.807, 2.05) is 0 Å². The third kappa shape index (κ3) is 6.91. The lowest BCUT2D eigenvalue weighted by atomic mass is 10.1. The van der Waals surface area contributed by atoms with Crippen LogP contribution in [0.2, 0.25) is 0 Å². The van der Waals surface area contributed by atoms with Crippen molar-refractivity contribution in [3.8, 4) is 5.75 Å². The number of hydrogen-bond donors (Lipinski definition) is 1. The summed E-state index contributed by atoms with van der Waals surface area (Å²) in [5.74, 6) is -0.426. The van der Waals surface area contributed by atoms with Gasteiger partial charge in [0.25, 0.3) is 5.69 Å². The zero-order chi connectivity index (χ0) is 25.5. The molecule has 0 radical (unpaired) electrons. The van der Waals surface area contributed by atoms with Gasteiger partial charge in [-0.2, -0.15) is 0 Å². The van der Waals surface area contributed by atoms with E-state index in [0.717, 1.165) is 16.6 Å². The number of methoxy groups -OCH3 is 1. The Hall–Kier alpha value is -3.67. The maximum Gasteiger partial charge on any atom is 0.271 e. The highest BCUT2D eigenvalue weighted by molar-refractivity contribution is 7.92. The van der Waals surface area contributed by atoms with Crippen molar-refractivity contribution in [3.05, 3.63) is 64.2 Å². The zero-order valence-corrected chi connectivity index (χ0v) is 20.2. The van der Waals surface area contributed by atoms with Gasteiger partial charge in [-0.15, -0.1) is 0 Å². The summed E-state index contributed by atoms with van der Waals surface area (Å²) in [6.45, 7) is 3.04. The van der Waals surface area contributed by atoms with Gasteiger partial charge < -0.3 is 15.0 Å². The summed E-state index contributed by atoms with van der Waals surface area (Å²) in [7, 11) is -2.46. The molecule has 0 aromatic heterocycles. The number of hydrogen-bond acceptors (Lipinski definition) is 7. The van der Waals surface area contributed by atoms with Gasteiger partial charge in [-0.25, -0.2) is 8.42 Å². The van der Waals surface area contributed by atoms with Gasteiger partial charge in [0.1, 0.15) is 18.3 Å². The van der Waals surface area contributed by atoms with E-state index in [0.29, 0.717) is 17.9 Å². The van der Waals surface area contributed by atoms with Crippen molar-refractivity contribution in [1.82, 2.24) is 10.2 Å². The van der Waals surface area contributed by atoms with E-state index in [4.69, 9.17) is 4.74 Å². The average molecular weight is 493 g/mol. The van der Waals surface area contributed by atoms with Gasteiger partial charge in [0.2, 0.25) is 21.8 Å². The zero-order valence-electron chi connectivity index (χ0n) is 19.4. The van der Waals surface area contributed by atoms with Crippen molar-refractivity contribution in [2.45, 2.75) is 26.4 Å². The smallest absolute Gasteiger partial charge is 0.271 e. The van der Waals surface area contributed by atoms with Crippen LogP contribution in [-0.4, -0.2) is 62.6 Å². The molecule has 0 aliphatic carbocycles. The number of non-ortho nitro benzene ring substituents is 1. The highest BCUT2D eigenvalue weighted by Crippen LogP contribution is 2.24. The maximum atomic E-state index is 13.4. The number of sulfonamides is 1. The molecule has 0 aliphatic heterocycles. The molecule has 34 heavy (non-hydrogen) atoms. The van der Waals surface area contributed by atoms with Gasteiger partial charge in [0.05, 0.1) is 24.0 Å². The summed E-state index contributed by atoms with van der Waals surface area (Å²) < 4.78 is 30.9. The van der Waals surface area contributed by atoms with Crippen LogP contribution in [0.4, 0.5) is 11.4 Å². The molecule has 0 aliphatic rings. The third-order valence-corrected chi connectivity index (χ3v) is 6.18. The SMILES string of the molecule is CCNC(=O)[C@H](C)N(Cc1ccc(OC)cc1)C(=O)CN(c1cccc([N+](=O)[O-])c1)S(C)(=O)=O. The van der Waals surface area contributed by atoms with Crippen LogP contribution in [0.3, 0.4) is 0 Å². The van der Waals surface area contributed by atoms with E-state index in [2.05, 4.69) is 5.32 Å². The second-order valence-electron chi connectivity index (χ2n) is 7.49. The monoisotopic (exact) mass is 492 g/mol. The molecule has 11 nitrogen and oxygen atoms in total. The molecular weight excluding hydrogens is 464 g/mol. The summed E-state index contributed by atoms with van der Waals surface area (Å²) in [5.41, 5.74) is 0.357. The predicted molar refractivity (Wildman–Crippen MR) is 127 cm³/mol. The van der Waals surface area contributed by atoms with Gasteiger partial charge in [-0.3, -0.25) is 24.0 Å². The second-order valence-corrected chi connectivity index (χ2v) is 9.39. The Labute approximate surface area is 198 Å². The Morgan fingerprint density at radius 3 is 2.35 bits per heavy atom. The number of carbonyl (C=O) groups is 2. The number of nitro benzene ring substituents is 1. The van der Waals surface area contributed by atoms with E-state index in [1.165, 1.54) is 30.2 Å². The fourth-order valence-corrected chi connectivity index (χ4v) is 4.05. The molecule has 0 heterocycles. The highest BCUT2D eigenvalue weighted by atomic mass is 32.2. The van der Waals surface area contributed by atoms with Crippen LogP contribution in [-0.2, 0) is 26.2 Å². The van der Waals surface area contributed by atoms with E-state index in [1.54, 1.807) is 38.1 Å². The summed E-state index contributed by atoms with van der Waals surface area (Å²) in [6.07, 6.45) is 0.903. The first-order valence-electron chi connectivity index (χ1n) is 10.4. The minimum absolute atomic E-state index is 0.0277. The fraction of sp³-hybridized carbons (Fsp3) is 0.364. The number of nitro groups is 1. The Morgan fingerprint density at radius 1 is 1.18 bits per heavy atom. The van der Waals surface area contributed by atoms with E-state index in [9.17, 15) is 28.1 Å². The number of ether oxygens (including phenoxy) is 1. The number of rotatable bonds is 11. The fourth-order valence-electron chi connectivity index (χ4n) is 3.21. The number of nitrogens with zero attached hydrogens (tertiary/aromatic N) is 3. The molecule has 2 rings (SSSR count). The van der Waals surface area contributed by atoms with Crippen LogP contribution < -0.4 is 14.4 Å². The van der Waals surface area contributed by atoms with Crippen molar-refractivity contribution >= 4 is 33.2 Å². The lowest BCUT2D eigenvalue weighted by Gasteiger charge is -2.31. The van der Waals surface area contributed by atoms with Gasteiger partial charge in [-0.1, -0.05) is 18.2 Å². The average Bonchev–Trinajstić information content (AvgIpc) is 2.80. The summed E-state index contributed by atoms with van der Waals surface area (Å²) in [5, 5.41) is 13.8. The Balaban J connectivity index is 2.41. The number of likely N-dealkylation sites (N-methyl/N-ethyl adjacent to an activating group) is 1. The topological polar surface area (TPSA) is 139 Å². The highest BCUT2D eigenvalue weighted by Gasteiger charge is 2.30. The molecule has 2 aromatic rings. The van der Waals surface area contributed by atoms with Crippen molar-refractivity contribution in [2.75, 3.05) is 30.8 Å². The van der Waals surface area contributed by atoms with Gasteiger partial charge in [0.15, 0.2) is 0 Å². The van der Waals surface area contributed by atoms with Crippen LogP contribution in [0.5, 0.6) is 5.75 Å². The maximum absolute atomic E-state index is 13.4. The molecule has 2 amide bonds. The van der Waals surface area contributed by atoms with Crippen LogP contribution in [0.15, 0.2) is 48.5 Å². The number of carbonyl (C=O) groups excluding carboxylic acids is 2. The van der Waals surface area contributed by atoms with Crippen molar-refractivity contribution in [2.24, 2.45) is 0 Å². The standard InChI is InChI=1S/C22H28N4O7S/c1-5-23-22(28)16(2)24(14-17-9-11-20(33-3)12-10-17)21(27)15-25(34(4,31)32)18-7-6-8-19(13-18)26(29)30/h6-13,16H,5,14-15H2,1-4H3,(H,23,28)/t16-/m0/s1. The number of amides is 2. The first-order chi connectivity index (χ1) is 16.0. The van der Waals surface area contributed by atoms with Gasteiger partial charge in [0, 0.05) is 25.2 Å². The molecular formula is C22H28N4O7S. The summed E-state index contributed by atoms with van der Waals surface area (Å²) in [6, 6.07) is 11.0. The normalized spacial score (nSPS) is 11.9. The van der Waals surface area contributed by atoms with Crippen LogP contribution >= 0.6 is 0 Å². The quantitative estimate of drug-likeness (QED) is 0.373. The Morgan fingerprint density at radius 2 is 1.82 bits per heavy atom. The van der Waals surface area contributed by atoms with Crippen molar-refractivity contribution in [3.63, 3.8) is 0 Å². The van der Waals surface area contributed by atoms with Crippen LogP contribution in [0.25, 0.3) is 0 Å². The molecule has 2 aromatic carbocycles. The van der Waals surface area contributed by atoms with E-state index in [-0.39, 0.29) is 17.9 Å². The Kier molecular flexibility index (Phi) is 8.96. The number of benzene rings is 2. The van der Waals surface area contributed by atoms with Gasteiger partial charge >= 0.3 is 0 Å². The molecule has 12 heteroatoms.